The number of nitrogens with one attached hydrogen (secondary N) is 1. The molecule has 0 unspecified atom stereocenters. The van der Waals surface area contributed by atoms with Crippen LogP contribution in [0.1, 0.15) is 0 Å². The molecule has 0 aromatic heterocycles. The Morgan fingerprint density at radius 3 is 2.59 bits per heavy atom. The summed E-state index contributed by atoms with van der Waals surface area (Å²) in [4.78, 5) is 0. The highest BCUT2D eigenvalue weighted by molar-refractivity contribution is 9.10. The fraction of sp³-hybridized carbons (Fsp3) is 0. The second-order valence-electron chi connectivity index (χ2n) is 3.52. The van der Waals surface area contributed by atoms with Crippen molar-refractivity contribution in [1.29, 1.82) is 0 Å². The molecule has 3 N–H and O–H groups in total. The number of hydrogen-bond acceptors (Lipinski definition) is 2. The molecule has 88 valence electrons. The summed E-state index contributed by atoms with van der Waals surface area (Å²) in [6.45, 7) is 0. The van der Waals surface area contributed by atoms with Crippen molar-refractivity contribution < 1.29 is 4.39 Å². The molecule has 2 aromatic rings. The molecule has 0 aliphatic heterocycles. The molecule has 0 saturated carbocycles. The molecule has 2 rings (SSSR count). The van der Waals surface area contributed by atoms with Crippen LogP contribution in [-0.4, -0.2) is 0 Å². The lowest BCUT2D eigenvalue weighted by atomic mass is 10.2. The number of hydrogen-bond donors (Lipinski definition) is 2. The van der Waals surface area contributed by atoms with Crippen molar-refractivity contribution in [3.8, 4) is 0 Å². The zero-order valence-corrected chi connectivity index (χ0v) is 11.0. The molecule has 5 heteroatoms. The Morgan fingerprint density at radius 1 is 1.18 bits per heavy atom. The van der Waals surface area contributed by atoms with Crippen LogP contribution in [-0.2, 0) is 0 Å². The second kappa shape index (κ2) is 4.94. The first-order valence-electron chi connectivity index (χ1n) is 4.83. The van der Waals surface area contributed by atoms with E-state index in [2.05, 4.69) is 21.2 Å². The highest BCUT2D eigenvalue weighted by Crippen LogP contribution is 2.29. The van der Waals surface area contributed by atoms with Crippen molar-refractivity contribution in [3.05, 3.63) is 51.7 Å². The van der Waals surface area contributed by atoms with Gasteiger partial charge in [-0.05, 0) is 36.4 Å². The summed E-state index contributed by atoms with van der Waals surface area (Å²) in [5.41, 5.74) is 7.17. The predicted octanol–water partition coefficient (Wildman–Crippen LogP) is 4.57. The summed E-state index contributed by atoms with van der Waals surface area (Å²) >= 11 is 9.35. The predicted molar refractivity (Wildman–Crippen MR) is 73.2 cm³/mol. The van der Waals surface area contributed by atoms with Gasteiger partial charge in [0, 0.05) is 15.8 Å². The third-order valence-corrected chi connectivity index (χ3v) is 2.94. The highest BCUT2D eigenvalue weighted by Gasteiger charge is 2.03. The van der Waals surface area contributed by atoms with Crippen LogP contribution < -0.4 is 11.1 Å². The molecule has 0 amide bonds. The van der Waals surface area contributed by atoms with Gasteiger partial charge in [-0.1, -0.05) is 27.5 Å². The zero-order valence-electron chi connectivity index (χ0n) is 8.68. The maximum absolute atomic E-state index is 13.1. The molecular formula is C12H9BrClFN2. The maximum Gasteiger partial charge on any atom is 0.127 e. The zero-order chi connectivity index (χ0) is 12.4. The van der Waals surface area contributed by atoms with Crippen LogP contribution in [0.3, 0.4) is 0 Å². The molecule has 0 spiro atoms. The minimum absolute atomic E-state index is 0.362. The monoisotopic (exact) mass is 314 g/mol. The standard InChI is InChI=1S/C12H9BrClFN2/c13-7-1-2-12(11(14)3-7)17-10-5-8(15)4-9(16)6-10/h1-6,17H,16H2. The summed E-state index contributed by atoms with van der Waals surface area (Å²) in [6, 6.07) is 9.65. The minimum atomic E-state index is -0.388. The summed E-state index contributed by atoms with van der Waals surface area (Å²) in [7, 11) is 0. The fourth-order valence-corrected chi connectivity index (χ4v) is 2.15. The van der Waals surface area contributed by atoms with Crippen LogP contribution in [0.2, 0.25) is 5.02 Å². The van der Waals surface area contributed by atoms with E-state index >= 15 is 0 Å². The van der Waals surface area contributed by atoms with E-state index in [0.29, 0.717) is 22.1 Å². The van der Waals surface area contributed by atoms with E-state index < -0.39 is 0 Å². The van der Waals surface area contributed by atoms with Gasteiger partial charge in [0.05, 0.1) is 10.7 Å². The van der Waals surface area contributed by atoms with Crippen molar-refractivity contribution in [2.75, 3.05) is 11.1 Å². The van der Waals surface area contributed by atoms with Crippen molar-refractivity contribution in [3.63, 3.8) is 0 Å². The van der Waals surface area contributed by atoms with Crippen LogP contribution >= 0.6 is 27.5 Å². The average Bonchev–Trinajstić information content (AvgIpc) is 2.21. The van der Waals surface area contributed by atoms with Gasteiger partial charge in [-0.2, -0.15) is 0 Å². The smallest absolute Gasteiger partial charge is 0.127 e. The van der Waals surface area contributed by atoms with Gasteiger partial charge in [-0.3, -0.25) is 0 Å². The van der Waals surface area contributed by atoms with Gasteiger partial charge in [0.2, 0.25) is 0 Å². The lowest BCUT2D eigenvalue weighted by molar-refractivity contribution is 0.629. The van der Waals surface area contributed by atoms with Gasteiger partial charge in [-0.25, -0.2) is 4.39 Å². The van der Waals surface area contributed by atoms with Gasteiger partial charge < -0.3 is 11.1 Å². The Kier molecular flexibility index (Phi) is 3.54. The Balaban J connectivity index is 2.31. The molecule has 2 aromatic carbocycles. The van der Waals surface area contributed by atoms with E-state index in [1.165, 1.54) is 12.1 Å². The van der Waals surface area contributed by atoms with Gasteiger partial charge in [-0.15, -0.1) is 0 Å². The molecule has 2 nitrogen and oxygen atoms in total. The highest BCUT2D eigenvalue weighted by atomic mass is 79.9. The van der Waals surface area contributed by atoms with Gasteiger partial charge in [0.1, 0.15) is 5.82 Å². The third kappa shape index (κ3) is 3.11. The van der Waals surface area contributed by atoms with E-state index in [9.17, 15) is 4.39 Å². The lowest BCUT2D eigenvalue weighted by Crippen LogP contribution is -1.94. The van der Waals surface area contributed by atoms with E-state index in [4.69, 9.17) is 17.3 Å². The molecule has 0 fully saturated rings. The summed E-state index contributed by atoms with van der Waals surface area (Å²) in [5, 5.41) is 3.55. The van der Waals surface area contributed by atoms with Crippen LogP contribution in [0, 0.1) is 5.82 Å². The minimum Gasteiger partial charge on any atom is -0.399 e. The van der Waals surface area contributed by atoms with Crippen molar-refractivity contribution in [2.45, 2.75) is 0 Å². The first-order valence-corrected chi connectivity index (χ1v) is 6.00. The Bertz CT molecular complexity index is 540. The van der Waals surface area contributed by atoms with E-state index in [1.54, 1.807) is 18.2 Å². The summed E-state index contributed by atoms with van der Waals surface area (Å²) in [6.07, 6.45) is 0. The van der Waals surface area contributed by atoms with E-state index in [-0.39, 0.29) is 5.82 Å². The van der Waals surface area contributed by atoms with E-state index in [0.717, 1.165) is 4.47 Å². The molecular weight excluding hydrogens is 307 g/mol. The maximum atomic E-state index is 13.1. The molecule has 0 aliphatic rings. The number of halogens is 3. The first kappa shape index (κ1) is 12.2. The van der Waals surface area contributed by atoms with Crippen molar-refractivity contribution >= 4 is 44.6 Å². The normalized spacial score (nSPS) is 10.3. The number of nitrogen functional groups attached to an aromatic ring is 1. The van der Waals surface area contributed by atoms with E-state index in [1.807, 2.05) is 6.07 Å². The van der Waals surface area contributed by atoms with Crippen molar-refractivity contribution in [1.82, 2.24) is 0 Å². The molecule has 0 saturated heterocycles. The van der Waals surface area contributed by atoms with Crippen LogP contribution in [0.5, 0.6) is 0 Å². The molecule has 0 bridgehead atoms. The lowest BCUT2D eigenvalue weighted by Gasteiger charge is -2.09. The molecule has 17 heavy (non-hydrogen) atoms. The molecule has 0 atom stereocenters. The topological polar surface area (TPSA) is 38.0 Å². The number of benzene rings is 2. The Hall–Kier alpha value is -1.26. The largest absolute Gasteiger partial charge is 0.399 e. The van der Waals surface area contributed by atoms with Gasteiger partial charge >= 0.3 is 0 Å². The Morgan fingerprint density at radius 2 is 1.94 bits per heavy atom. The second-order valence-corrected chi connectivity index (χ2v) is 4.85. The number of rotatable bonds is 2. The number of anilines is 3. The summed E-state index contributed by atoms with van der Waals surface area (Å²) < 4.78 is 14.0. The average molecular weight is 316 g/mol. The SMILES string of the molecule is Nc1cc(F)cc(Nc2ccc(Br)cc2Cl)c1. The molecule has 0 heterocycles. The Labute approximate surface area is 112 Å². The summed E-state index contributed by atoms with van der Waals surface area (Å²) in [5.74, 6) is -0.388. The number of nitrogens with two attached hydrogens (primary N) is 1. The van der Waals surface area contributed by atoms with Crippen LogP contribution in [0.15, 0.2) is 40.9 Å². The van der Waals surface area contributed by atoms with Crippen molar-refractivity contribution in [2.24, 2.45) is 0 Å². The fourth-order valence-electron chi connectivity index (χ4n) is 1.43. The quantitative estimate of drug-likeness (QED) is 0.797. The van der Waals surface area contributed by atoms with Crippen LogP contribution in [0.25, 0.3) is 0 Å². The van der Waals surface area contributed by atoms with Gasteiger partial charge in [0.25, 0.3) is 0 Å². The molecule has 0 aliphatic carbocycles. The van der Waals surface area contributed by atoms with Crippen LogP contribution in [0.4, 0.5) is 21.5 Å². The first-order chi connectivity index (χ1) is 8.04. The third-order valence-electron chi connectivity index (χ3n) is 2.13. The van der Waals surface area contributed by atoms with Gasteiger partial charge in [0.15, 0.2) is 0 Å². The molecule has 0 radical (unpaired) electrons.